The molecule has 0 heterocycles. The lowest BCUT2D eigenvalue weighted by atomic mass is 10.2. The molecule has 0 aliphatic rings. The lowest BCUT2D eigenvalue weighted by Crippen LogP contribution is -2.46. The highest BCUT2D eigenvalue weighted by Gasteiger charge is 2.28. The molecular weight excluding hydrogens is 272 g/mol. The van der Waals surface area contributed by atoms with Gasteiger partial charge in [-0.2, -0.15) is 17.0 Å². The molecule has 0 saturated carbocycles. The van der Waals surface area contributed by atoms with Gasteiger partial charge < -0.3 is 0 Å². The van der Waals surface area contributed by atoms with Crippen LogP contribution in [-0.2, 0) is 10.2 Å². The van der Waals surface area contributed by atoms with Crippen LogP contribution in [0.15, 0.2) is 0 Å². The van der Waals surface area contributed by atoms with Crippen LogP contribution < -0.4 is 0 Å². The van der Waals surface area contributed by atoms with Crippen LogP contribution in [0.4, 0.5) is 0 Å². The Balaban J connectivity index is 4.65. The molecule has 0 unspecified atom stereocenters. The number of alkyl halides is 1. The van der Waals surface area contributed by atoms with Crippen molar-refractivity contribution in [2.24, 2.45) is 0 Å². The van der Waals surface area contributed by atoms with Gasteiger partial charge in [-0.3, -0.25) is 0 Å². The van der Waals surface area contributed by atoms with Gasteiger partial charge in [0, 0.05) is 32.1 Å². The van der Waals surface area contributed by atoms with E-state index in [-0.39, 0.29) is 6.04 Å². The first-order chi connectivity index (χ1) is 8.37. The molecule has 0 aliphatic carbocycles. The fourth-order valence-electron chi connectivity index (χ4n) is 1.73. The molecule has 0 atom stereocenters. The minimum absolute atomic E-state index is 0.00897. The smallest absolute Gasteiger partial charge is 0.195 e. The Morgan fingerprint density at radius 1 is 1.11 bits per heavy atom. The maximum atomic E-state index is 12.4. The predicted molar refractivity (Wildman–Crippen MR) is 78.3 cm³/mol. The van der Waals surface area contributed by atoms with Gasteiger partial charge in [-0.05, 0) is 26.7 Å². The molecule has 0 aliphatic heterocycles. The van der Waals surface area contributed by atoms with Crippen LogP contribution in [0.25, 0.3) is 0 Å². The third kappa shape index (κ3) is 5.87. The summed E-state index contributed by atoms with van der Waals surface area (Å²) in [5.41, 5.74) is 0. The molecule has 0 rings (SSSR count). The Morgan fingerprint density at radius 3 is 2.17 bits per heavy atom. The van der Waals surface area contributed by atoms with E-state index in [0.29, 0.717) is 25.4 Å². The van der Waals surface area contributed by atoms with Crippen LogP contribution in [0.2, 0.25) is 0 Å². The highest BCUT2D eigenvalue weighted by Crippen LogP contribution is 2.13. The fourth-order valence-corrected chi connectivity index (χ4v) is 3.46. The first kappa shape index (κ1) is 18.2. The van der Waals surface area contributed by atoms with Crippen molar-refractivity contribution in [1.29, 1.82) is 0 Å². The second-order valence-corrected chi connectivity index (χ2v) is 7.15. The molecule has 18 heavy (non-hydrogen) atoms. The van der Waals surface area contributed by atoms with Crippen molar-refractivity contribution in [1.82, 2.24) is 8.61 Å². The molecule has 6 heteroatoms. The molecule has 0 aromatic rings. The normalized spacial score (nSPS) is 12.9. The summed E-state index contributed by atoms with van der Waals surface area (Å²) in [4.78, 5) is 0. The maximum absolute atomic E-state index is 12.4. The molecule has 0 radical (unpaired) electrons. The summed E-state index contributed by atoms with van der Waals surface area (Å²) >= 11 is 5.61. The maximum Gasteiger partial charge on any atom is 0.281 e. The van der Waals surface area contributed by atoms with E-state index < -0.39 is 10.2 Å². The molecule has 4 nitrogen and oxygen atoms in total. The molecule has 0 N–H and O–H groups in total. The lowest BCUT2D eigenvalue weighted by Gasteiger charge is -2.30. The molecule has 0 aromatic heterocycles. The predicted octanol–water partition coefficient (Wildman–Crippen LogP) is 2.69. The Morgan fingerprint density at radius 2 is 1.72 bits per heavy atom. The minimum atomic E-state index is -3.35. The summed E-state index contributed by atoms with van der Waals surface area (Å²) in [6.45, 7) is 7.01. The van der Waals surface area contributed by atoms with E-state index in [4.69, 9.17) is 11.6 Å². The molecular formula is C12H27ClN2O2S. The van der Waals surface area contributed by atoms with Crippen LogP contribution in [0.5, 0.6) is 0 Å². The number of halogens is 1. The topological polar surface area (TPSA) is 40.6 Å². The molecule has 110 valence electrons. The van der Waals surface area contributed by atoms with E-state index >= 15 is 0 Å². The molecule has 0 aromatic carbocycles. The number of hydrogen-bond donors (Lipinski definition) is 0. The van der Waals surface area contributed by atoms with Crippen molar-refractivity contribution < 1.29 is 8.42 Å². The zero-order valence-electron chi connectivity index (χ0n) is 12.0. The summed E-state index contributed by atoms with van der Waals surface area (Å²) in [6.07, 6.45) is 3.74. The van der Waals surface area contributed by atoms with Crippen LogP contribution in [-0.4, -0.2) is 49.1 Å². The Bertz CT molecular complexity index is 307. The molecule has 0 amide bonds. The van der Waals surface area contributed by atoms with Gasteiger partial charge in [0.15, 0.2) is 0 Å². The van der Waals surface area contributed by atoms with Gasteiger partial charge >= 0.3 is 0 Å². The number of hydrogen-bond acceptors (Lipinski definition) is 2. The molecule has 0 fully saturated rings. The second kappa shape index (κ2) is 9.13. The summed E-state index contributed by atoms with van der Waals surface area (Å²) < 4.78 is 27.7. The van der Waals surface area contributed by atoms with Gasteiger partial charge in [0.05, 0.1) is 0 Å². The Hall–Kier alpha value is 0.160. The summed E-state index contributed by atoms with van der Waals surface area (Å²) in [6, 6.07) is -0.00897. The van der Waals surface area contributed by atoms with E-state index in [1.54, 1.807) is 11.4 Å². The zero-order chi connectivity index (χ0) is 14.2. The van der Waals surface area contributed by atoms with E-state index in [1.165, 1.54) is 4.31 Å². The third-order valence-corrected chi connectivity index (χ3v) is 5.29. The summed E-state index contributed by atoms with van der Waals surface area (Å²) in [5.74, 6) is 0.484. The van der Waals surface area contributed by atoms with Gasteiger partial charge in [0.2, 0.25) is 0 Å². The average molecular weight is 299 g/mol. The first-order valence-electron chi connectivity index (χ1n) is 6.67. The zero-order valence-corrected chi connectivity index (χ0v) is 13.6. The quantitative estimate of drug-likeness (QED) is 0.459. The lowest BCUT2D eigenvalue weighted by molar-refractivity contribution is 0.312. The number of nitrogens with zero attached hydrogens (tertiary/aromatic N) is 2. The van der Waals surface area contributed by atoms with Gasteiger partial charge in [0.25, 0.3) is 10.2 Å². The van der Waals surface area contributed by atoms with Crippen LogP contribution >= 0.6 is 11.6 Å². The van der Waals surface area contributed by atoms with Crippen molar-refractivity contribution in [3.05, 3.63) is 0 Å². The number of unbranched alkanes of at least 4 members (excludes halogenated alkanes) is 2. The monoisotopic (exact) mass is 298 g/mol. The fraction of sp³-hybridized carbons (Fsp3) is 1.00. The summed E-state index contributed by atoms with van der Waals surface area (Å²) in [7, 11) is -1.72. The van der Waals surface area contributed by atoms with E-state index in [9.17, 15) is 8.42 Å². The van der Waals surface area contributed by atoms with E-state index in [2.05, 4.69) is 6.92 Å². The third-order valence-electron chi connectivity index (χ3n) is 2.85. The highest BCUT2D eigenvalue weighted by molar-refractivity contribution is 7.86. The highest BCUT2D eigenvalue weighted by atomic mass is 35.5. The molecule has 0 saturated heterocycles. The van der Waals surface area contributed by atoms with Crippen molar-refractivity contribution >= 4 is 21.8 Å². The average Bonchev–Trinajstić information content (AvgIpc) is 2.30. The Labute approximate surface area is 117 Å². The van der Waals surface area contributed by atoms with Crippen LogP contribution in [0, 0.1) is 0 Å². The molecule has 0 spiro atoms. The second-order valence-electron chi connectivity index (χ2n) is 4.78. The van der Waals surface area contributed by atoms with Crippen molar-refractivity contribution in [2.75, 3.05) is 26.0 Å². The van der Waals surface area contributed by atoms with E-state index in [0.717, 1.165) is 19.3 Å². The van der Waals surface area contributed by atoms with Crippen molar-refractivity contribution in [3.63, 3.8) is 0 Å². The summed E-state index contributed by atoms with van der Waals surface area (Å²) in [5, 5.41) is 0. The van der Waals surface area contributed by atoms with Crippen molar-refractivity contribution in [2.45, 2.75) is 52.5 Å². The molecule has 0 bridgehead atoms. The largest absolute Gasteiger partial charge is 0.281 e. The van der Waals surface area contributed by atoms with Gasteiger partial charge in [-0.25, -0.2) is 0 Å². The van der Waals surface area contributed by atoms with Crippen LogP contribution in [0.3, 0.4) is 0 Å². The van der Waals surface area contributed by atoms with E-state index in [1.807, 2.05) is 13.8 Å². The number of rotatable bonds is 10. The van der Waals surface area contributed by atoms with Crippen LogP contribution in [0.1, 0.15) is 46.5 Å². The minimum Gasteiger partial charge on any atom is -0.195 e. The SMILES string of the molecule is CCCCCN(C(C)C)S(=O)(=O)N(C)CCCCl. The first-order valence-corrected chi connectivity index (χ1v) is 8.60. The Kier molecular flexibility index (Phi) is 9.21. The van der Waals surface area contributed by atoms with Gasteiger partial charge in [0.1, 0.15) is 0 Å². The van der Waals surface area contributed by atoms with Gasteiger partial charge in [-0.15, -0.1) is 11.6 Å². The van der Waals surface area contributed by atoms with Crippen molar-refractivity contribution in [3.8, 4) is 0 Å². The van der Waals surface area contributed by atoms with Gasteiger partial charge in [-0.1, -0.05) is 19.8 Å². The standard InChI is InChI=1S/C12H27ClN2O2S/c1-5-6-7-11-15(12(2)3)18(16,17)14(4)10-8-9-13/h12H,5-11H2,1-4H3.